The minimum absolute atomic E-state index is 0.181. The first kappa shape index (κ1) is 17.9. The van der Waals surface area contributed by atoms with Crippen molar-refractivity contribution in [2.75, 3.05) is 5.32 Å². The van der Waals surface area contributed by atoms with Gasteiger partial charge in [-0.2, -0.15) is 0 Å². The molecule has 1 unspecified atom stereocenters. The third-order valence-corrected chi connectivity index (χ3v) is 4.79. The van der Waals surface area contributed by atoms with Crippen molar-refractivity contribution in [3.05, 3.63) is 102 Å². The minimum atomic E-state index is -0.447. The summed E-state index contributed by atoms with van der Waals surface area (Å²) in [6.07, 6.45) is 3.96. The van der Waals surface area contributed by atoms with Gasteiger partial charge >= 0.3 is 0 Å². The number of aryl methyl sites for hydroxylation is 1. The van der Waals surface area contributed by atoms with Crippen LogP contribution in [0.5, 0.6) is 0 Å². The number of hydrogen-bond donors (Lipinski definition) is 1. The first-order valence-corrected chi connectivity index (χ1v) is 9.15. The third-order valence-electron chi connectivity index (χ3n) is 4.79. The Kier molecular flexibility index (Phi) is 4.89. The van der Waals surface area contributed by atoms with Crippen molar-refractivity contribution < 1.29 is 9.18 Å². The van der Waals surface area contributed by atoms with Crippen molar-refractivity contribution in [2.45, 2.75) is 19.3 Å². The summed E-state index contributed by atoms with van der Waals surface area (Å²) >= 11 is 0. The van der Waals surface area contributed by atoms with Gasteiger partial charge in [-0.05, 0) is 42.3 Å². The van der Waals surface area contributed by atoms with E-state index in [-0.39, 0.29) is 23.9 Å². The summed E-state index contributed by atoms with van der Waals surface area (Å²) in [5.74, 6) is -0.899. The predicted molar refractivity (Wildman–Crippen MR) is 108 cm³/mol. The second kappa shape index (κ2) is 7.64. The van der Waals surface area contributed by atoms with E-state index in [4.69, 9.17) is 0 Å². The fourth-order valence-corrected chi connectivity index (χ4v) is 3.39. The third kappa shape index (κ3) is 3.64. The molecule has 1 amide bonds. The highest BCUT2D eigenvalue weighted by molar-refractivity contribution is 5.91. The number of nitrogens with one attached hydrogen (secondary N) is 1. The van der Waals surface area contributed by atoms with E-state index in [1.54, 1.807) is 18.2 Å². The van der Waals surface area contributed by atoms with Crippen molar-refractivity contribution in [3.63, 3.8) is 0 Å². The van der Waals surface area contributed by atoms with E-state index in [0.29, 0.717) is 0 Å². The van der Waals surface area contributed by atoms with Gasteiger partial charge in [-0.15, -0.1) is 0 Å². The molecule has 4 nitrogen and oxygen atoms in total. The van der Waals surface area contributed by atoms with E-state index in [1.807, 2.05) is 66.2 Å². The lowest BCUT2D eigenvalue weighted by Gasteiger charge is -2.17. The van der Waals surface area contributed by atoms with E-state index in [9.17, 15) is 9.18 Å². The Balaban J connectivity index is 1.68. The number of anilines is 1. The van der Waals surface area contributed by atoms with Gasteiger partial charge in [-0.3, -0.25) is 4.79 Å². The van der Waals surface area contributed by atoms with E-state index in [1.165, 1.54) is 6.07 Å². The topological polar surface area (TPSA) is 46.4 Å². The summed E-state index contributed by atoms with van der Waals surface area (Å²) in [6.45, 7) is 2.02. The van der Waals surface area contributed by atoms with Crippen LogP contribution in [0.1, 0.15) is 29.2 Å². The van der Waals surface area contributed by atoms with Crippen molar-refractivity contribution in [3.8, 4) is 0 Å². The van der Waals surface area contributed by atoms with Crippen LogP contribution in [0.15, 0.2) is 79.1 Å². The quantitative estimate of drug-likeness (QED) is 0.538. The molecule has 5 heteroatoms. The standard InChI is InChI=1S/C23H20FN3O/c1-16-11-12-27-21(15-25-22(27)13-16)18(17-7-3-2-4-8-17)14-23(28)26-20-10-6-5-9-19(20)24/h2-13,15,18H,14H2,1H3,(H,26,28). The molecule has 2 aromatic carbocycles. The Morgan fingerprint density at radius 1 is 1.11 bits per heavy atom. The molecule has 0 saturated heterocycles. The summed E-state index contributed by atoms with van der Waals surface area (Å²) in [6, 6.07) is 20.0. The molecule has 1 N–H and O–H groups in total. The zero-order chi connectivity index (χ0) is 19.5. The molecule has 4 rings (SSSR count). The number of benzene rings is 2. The average molecular weight is 373 g/mol. The lowest BCUT2D eigenvalue weighted by atomic mass is 9.92. The lowest BCUT2D eigenvalue weighted by molar-refractivity contribution is -0.116. The van der Waals surface area contributed by atoms with Gasteiger partial charge in [0.1, 0.15) is 11.5 Å². The molecule has 4 aromatic rings. The number of carbonyl (C=O) groups is 1. The fourth-order valence-electron chi connectivity index (χ4n) is 3.39. The number of pyridine rings is 1. The SMILES string of the molecule is Cc1ccn2c(C(CC(=O)Nc3ccccc3F)c3ccccc3)cnc2c1. The number of nitrogens with zero attached hydrogens (tertiary/aromatic N) is 2. The van der Waals surface area contributed by atoms with Crippen LogP contribution in [0, 0.1) is 12.7 Å². The Hall–Kier alpha value is -3.47. The van der Waals surface area contributed by atoms with Crippen LogP contribution < -0.4 is 5.32 Å². The van der Waals surface area contributed by atoms with Crippen LogP contribution in [0.3, 0.4) is 0 Å². The number of amides is 1. The smallest absolute Gasteiger partial charge is 0.225 e. The van der Waals surface area contributed by atoms with Crippen LogP contribution in [0.25, 0.3) is 5.65 Å². The van der Waals surface area contributed by atoms with E-state index >= 15 is 0 Å². The Labute approximate surface area is 162 Å². The number of carbonyl (C=O) groups excluding carboxylic acids is 1. The number of hydrogen-bond acceptors (Lipinski definition) is 2. The number of fused-ring (bicyclic) bond motifs is 1. The average Bonchev–Trinajstić information content (AvgIpc) is 3.11. The van der Waals surface area contributed by atoms with Gasteiger partial charge in [0.15, 0.2) is 0 Å². The van der Waals surface area contributed by atoms with Crippen molar-refractivity contribution in [2.24, 2.45) is 0 Å². The van der Waals surface area contributed by atoms with Crippen molar-refractivity contribution in [1.29, 1.82) is 0 Å². The molecular weight excluding hydrogens is 353 g/mol. The van der Waals surface area contributed by atoms with Gasteiger partial charge in [0.2, 0.25) is 5.91 Å². The molecule has 2 aromatic heterocycles. The Morgan fingerprint density at radius 2 is 1.86 bits per heavy atom. The lowest BCUT2D eigenvalue weighted by Crippen LogP contribution is -2.18. The molecular formula is C23H20FN3O. The summed E-state index contributed by atoms with van der Waals surface area (Å²) in [4.78, 5) is 17.2. The maximum atomic E-state index is 13.9. The number of aromatic nitrogens is 2. The first-order chi connectivity index (χ1) is 13.6. The van der Waals surface area contributed by atoms with Gasteiger partial charge in [-0.1, -0.05) is 42.5 Å². The Morgan fingerprint density at radius 3 is 2.64 bits per heavy atom. The van der Waals surface area contributed by atoms with Crippen molar-refractivity contribution in [1.82, 2.24) is 9.38 Å². The van der Waals surface area contributed by atoms with Gasteiger partial charge < -0.3 is 9.72 Å². The van der Waals surface area contributed by atoms with Gasteiger partial charge in [-0.25, -0.2) is 9.37 Å². The second-order valence-electron chi connectivity index (χ2n) is 6.81. The summed E-state index contributed by atoms with van der Waals surface area (Å²) in [5, 5.41) is 2.69. The number of para-hydroxylation sites is 1. The van der Waals surface area contributed by atoms with E-state index in [0.717, 1.165) is 22.5 Å². The maximum absolute atomic E-state index is 13.9. The molecule has 1 atom stereocenters. The predicted octanol–water partition coefficient (Wildman–Crippen LogP) is 4.94. The largest absolute Gasteiger partial charge is 0.324 e. The molecule has 0 fully saturated rings. The molecule has 0 aliphatic rings. The molecule has 0 saturated carbocycles. The normalized spacial score (nSPS) is 12.1. The number of imidazole rings is 1. The summed E-state index contributed by atoms with van der Waals surface area (Å²) < 4.78 is 15.9. The number of rotatable bonds is 5. The fraction of sp³-hybridized carbons (Fsp3) is 0.130. The molecule has 0 spiro atoms. The molecule has 0 radical (unpaired) electrons. The Bertz CT molecular complexity index is 1120. The monoisotopic (exact) mass is 373 g/mol. The highest BCUT2D eigenvalue weighted by Crippen LogP contribution is 2.29. The van der Waals surface area contributed by atoms with Crippen molar-refractivity contribution >= 4 is 17.2 Å². The molecule has 28 heavy (non-hydrogen) atoms. The zero-order valence-electron chi connectivity index (χ0n) is 15.5. The molecule has 140 valence electrons. The molecule has 0 aliphatic carbocycles. The summed E-state index contributed by atoms with van der Waals surface area (Å²) in [5.41, 5.74) is 4.08. The van der Waals surface area contributed by atoms with E-state index < -0.39 is 5.82 Å². The van der Waals surface area contributed by atoms with Gasteiger partial charge in [0.25, 0.3) is 0 Å². The molecule has 0 bridgehead atoms. The van der Waals surface area contributed by atoms with E-state index in [2.05, 4.69) is 10.3 Å². The minimum Gasteiger partial charge on any atom is -0.324 e. The van der Waals surface area contributed by atoms with Crippen LogP contribution in [0.2, 0.25) is 0 Å². The van der Waals surface area contributed by atoms with Crippen LogP contribution >= 0.6 is 0 Å². The van der Waals surface area contributed by atoms with Crippen LogP contribution in [0.4, 0.5) is 10.1 Å². The number of halogens is 1. The second-order valence-corrected chi connectivity index (χ2v) is 6.81. The van der Waals surface area contributed by atoms with Crippen LogP contribution in [-0.4, -0.2) is 15.3 Å². The highest BCUT2D eigenvalue weighted by atomic mass is 19.1. The van der Waals surface area contributed by atoms with Crippen LogP contribution in [-0.2, 0) is 4.79 Å². The molecule has 0 aliphatic heterocycles. The highest BCUT2D eigenvalue weighted by Gasteiger charge is 2.22. The van der Waals surface area contributed by atoms with Gasteiger partial charge in [0.05, 0.1) is 11.4 Å². The zero-order valence-corrected chi connectivity index (χ0v) is 15.5. The summed E-state index contributed by atoms with van der Waals surface area (Å²) in [7, 11) is 0. The molecule has 2 heterocycles. The maximum Gasteiger partial charge on any atom is 0.225 e. The van der Waals surface area contributed by atoms with Gasteiger partial charge in [0, 0.05) is 24.7 Å². The first-order valence-electron chi connectivity index (χ1n) is 9.15.